The van der Waals surface area contributed by atoms with Gasteiger partial charge in [0, 0.05) is 48.4 Å². The van der Waals surface area contributed by atoms with Crippen molar-refractivity contribution in [1.82, 2.24) is 19.7 Å². The summed E-state index contributed by atoms with van der Waals surface area (Å²) in [5.41, 5.74) is 3.61. The van der Waals surface area contributed by atoms with Crippen LogP contribution in [0.1, 0.15) is 31.7 Å². The van der Waals surface area contributed by atoms with E-state index in [-0.39, 0.29) is 5.91 Å². The summed E-state index contributed by atoms with van der Waals surface area (Å²) in [5, 5.41) is 4.76. The Morgan fingerprint density at radius 1 is 1.14 bits per heavy atom. The van der Waals surface area contributed by atoms with Crippen molar-refractivity contribution in [3.8, 4) is 16.9 Å². The molecule has 2 aromatic heterocycles. The fourth-order valence-corrected chi connectivity index (χ4v) is 3.63. The van der Waals surface area contributed by atoms with Crippen LogP contribution in [-0.4, -0.2) is 38.2 Å². The second-order valence-corrected chi connectivity index (χ2v) is 7.16. The maximum absolute atomic E-state index is 12.7. The zero-order chi connectivity index (χ0) is 19.3. The third-order valence-corrected chi connectivity index (χ3v) is 5.19. The minimum atomic E-state index is 0.0665. The van der Waals surface area contributed by atoms with Crippen LogP contribution in [0.15, 0.2) is 67.1 Å². The lowest BCUT2D eigenvalue weighted by Crippen LogP contribution is -2.41. The largest absolute Gasteiger partial charge is 0.336 e. The minimum Gasteiger partial charge on any atom is -0.336 e. The Balaban J connectivity index is 1.67. The normalized spacial score (nSPS) is 17.2. The molecule has 0 bridgehead atoms. The summed E-state index contributed by atoms with van der Waals surface area (Å²) in [6.07, 6.45) is 12.4. The van der Waals surface area contributed by atoms with E-state index in [1.54, 1.807) is 18.5 Å². The third-order valence-electron chi connectivity index (χ3n) is 5.19. The molecular formula is C23H24N4O. The minimum absolute atomic E-state index is 0.0665. The van der Waals surface area contributed by atoms with Crippen LogP contribution >= 0.6 is 0 Å². The number of pyridine rings is 1. The van der Waals surface area contributed by atoms with E-state index in [9.17, 15) is 4.79 Å². The van der Waals surface area contributed by atoms with Gasteiger partial charge in [0.05, 0.1) is 5.69 Å². The predicted octanol–water partition coefficient (Wildman–Crippen LogP) is 4.35. The van der Waals surface area contributed by atoms with Crippen molar-refractivity contribution in [2.75, 3.05) is 6.54 Å². The molecule has 1 aliphatic rings. The summed E-state index contributed by atoms with van der Waals surface area (Å²) in [6, 6.07) is 14.1. The van der Waals surface area contributed by atoms with Crippen molar-refractivity contribution in [3.05, 3.63) is 72.7 Å². The first-order valence-corrected chi connectivity index (χ1v) is 9.76. The molecule has 4 rings (SSSR count). The van der Waals surface area contributed by atoms with E-state index >= 15 is 0 Å². The molecule has 0 radical (unpaired) electrons. The average molecular weight is 372 g/mol. The number of carbonyl (C=O) groups is 1. The summed E-state index contributed by atoms with van der Waals surface area (Å²) in [7, 11) is 0. The highest BCUT2D eigenvalue weighted by molar-refractivity contribution is 5.93. The van der Waals surface area contributed by atoms with Gasteiger partial charge in [-0.25, -0.2) is 4.68 Å². The van der Waals surface area contributed by atoms with E-state index < -0.39 is 0 Å². The van der Waals surface area contributed by atoms with Crippen molar-refractivity contribution < 1.29 is 4.79 Å². The Kier molecular flexibility index (Phi) is 5.33. The number of aromatic nitrogens is 3. The summed E-state index contributed by atoms with van der Waals surface area (Å²) in [5.74, 6) is 0.0665. The SMILES string of the molecule is CC1CCCCN1C(=O)/C=C/c1cn(-c2ccccc2)nc1-c1cccnc1. The first-order chi connectivity index (χ1) is 13.7. The lowest BCUT2D eigenvalue weighted by Gasteiger charge is -2.32. The molecule has 1 atom stereocenters. The van der Waals surface area contributed by atoms with E-state index in [1.165, 1.54) is 6.42 Å². The molecule has 1 aromatic carbocycles. The summed E-state index contributed by atoms with van der Waals surface area (Å²) in [6.45, 7) is 2.96. The molecule has 28 heavy (non-hydrogen) atoms. The van der Waals surface area contributed by atoms with Gasteiger partial charge in [-0.2, -0.15) is 5.10 Å². The van der Waals surface area contributed by atoms with Crippen LogP contribution in [0, 0.1) is 0 Å². The van der Waals surface area contributed by atoms with Crippen molar-refractivity contribution in [2.24, 2.45) is 0 Å². The molecule has 0 saturated carbocycles. The molecule has 3 heterocycles. The molecule has 5 heteroatoms. The third kappa shape index (κ3) is 3.88. The second-order valence-electron chi connectivity index (χ2n) is 7.16. The first-order valence-electron chi connectivity index (χ1n) is 9.76. The van der Waals surface area contributed by atoms with E-state index in [0.29, 0.717) is 6.04 Å². The van der Waals surface area contributed by atoms with Gasteiger partial charge in [-0.3, -0.25) is 9.78 Å². The molecule has 142 valence electrons. The van der Waals surface area contributed by atoms with Gasteiger partial charge < -0.3 is 4.90 Å². The smallest absolute Gasteiger partial charge is 0.246 e. The molecule has 0 N–H and O–H groups in total. The zero-order valence-corrected chi connectivity index (χ0v) is 16.0. The van der Waals surface area contributed by atoms with Crippen LogP contribution in [0.5, 0.6) is 0 Å². The Hall–Kier alpha value is -3.21. The Morgan fingerprint density at radius 2 is 2.00 bits per heavy atom. The van der Waals surface area contributed by atoms with Crippen molar-refractivity contribution in [3.63, 3.8) is 0 Å². The number of carbonyl (C=O) groups excluding carboxylic acids is 1. The number of likely N-dealkylation sites (tertiary alicyclic amines) is 1. The van der Waals surface area contributed by atoms with Gasteiger partial charge in [0.25, 0.3) is 0 Å². The number of nitrogens with zero attached hydrogens (tertiary/aromatic N) is 4. The Bertz CT molecular complexity index is 963. The van der Waals surface area contributed by atoms with Crippen LogP contribution in [0.25, 0.3) is 23.0 Å². The molecule has 1 amide bonds. The second kappa shape index (κ2) is 8.21. The first kappa shape index (κ1) is 18.2. The Labute approximate surface area is 165 Å². The van der Waals surface area contributed by atoms with E-state index in [2.05, 4.69) is 11.9 Å². The highest BCUT2D eigenvalue weighted by atomic mass is 16.2. The summed E-state index contributed by atoms with van der Waals surface area (Å²) >= 11 is 0. The topological polar surface area (TPSA) is 51.0 Å². The fraction of sp³-hybridized carbons (Fsp3) is 0.261. The highest BCUT2D eigenvalue weighted by Gasteiger charge is 2.21. The number of amides is 1. The molecule has 0 aliphatic carbocycles. The van der Waals surface area contributed by atoms with E-state index in [1.807, 2.05) is 64.3 Å². The standard InChI is InChI=1S/C23H24N4O/c1-18-8-5-6-15-26(18)22(28)13-12-20-17-27(21-10-3-2-4-11-21)25-23(20)19-9-7-14-24-16-19/h2-4,7,9-14,16-18H,5-6,8,15H2,1H3/b13-12+. The maximum atomic E-state index is 12.7. The lowest BCUT2D eigenvalue weighted by molar-refractivity contribution is -0.129. The summed E-state index contributed by atoms with van der Waals surface area (Å²) < 4.78 is 1.84. The van der Waals surface area contributed by atoms with Gasteiger partial charge in [-0.15, -0.1) is 0 Å². The van der Waals surface area contributed by atoms with Crippen molar-refractivity contribution in [1.29, 1.82) is 0 Å². The highest BCUT2D eigenvalue weighted by Crippen LogP contribution is 2.24. The monoisotopic (exact) mass is 372 g/mol. The van der Waals surface area contributed by atoms with Gasteiger partial charge in [-0.1, -0.05) is 18.2 Å². The number of para-hydroxylation sites is 1. The number of hydrogen-bond donors (Lipinski definition) is 0. The maximum Gasteiger partial charge on any atom is 0.246 e. The van der Waals surface area contributed by atoms with Gasteiger partial charge in [0.1, 0.15) is 5.69 Å². The van der Waals surface area contributed by atoms with Crippen LogP contribution < -0.4 is 0 Å². The molecule has 1 unspecified atom stereocenters. The van der Waals surface area contributed by atoms with Gasteiger partial charge in [0.15, 0.2) is 0 Å². The number of hydrogen-bond acceptors (Lipinski definition) is 3. The number of rotatable bonds is 4. The number of piperidine rings is 1. The molecule has 0 spiro atoms. The molecule has 3 aromatic rings. The van der Waals surface area contributed by atoms with Crippen LogP contribution in [0.3, 0.4) is 0 Å². The van der Waals surface area contributed by atoms with Gasteiger partial charge in [-0.05, 0) is 56.5 Å². The molecule has 1 fully saturated rings. The molecule has 1 aliphatic heterocycles. The number of benzene rings is 1. The quantitative estimate of drug-likeness (QED) is 0.640. The van der Waals surface area contributed by atoms with Crippen LogP contribution in [-0.2, 0) is 4.79 Å². The van der Waals surface area contributed by atoms with Crippen molar-refractivity contribution >= 4 is 12.0 Å². The Morgan fingerprint density at radius 3 is 2.75 bits per heavy atom. The molecular weight excluding hydrogens is 348 g/mol. The average Bonchev–Trinajstić information content (AvgIpc) is 3.18. The molecule has 1 saturated heterocycles. The molecule has 5 nitrogen and oxygen atoms in total. The van der Waals surface area contributed by atoms with E-state index in [0.717, 1.165) is 41.9 Å². The predicted molar refractivity (Wildman–Crippen MR) is 111 cm³/mol. The van der Waals surface area contributed by atoms with Crippen LogP contribution in [0.2, 0.25) is 0 Å². The fourth-order valence-electron chi connectivity index (χ4n) is 3.63. The van der Waals surface area contributed by atoms with Crippen molar-refractivity contribution in [2.45, 2.75) is 32.2 Å². The lowest BCUT2D eigenvalue weighted by atomic mass is 10.0. The van der Waals surface area contributed by atoms with Gasteiger partial charge in [0.2, 0.25) is 5.91 Å². The zero-order valence-electron chi connectivity index (χ0n) is 16.0. The van der Waals surface area contributed by atoms with Gasteiger partial charge >= 0.3 is 0 Å². The van der Waals surface area contributed by atoms with Crippen LogP contribution in [0.4, 0.5) is 0 Å². The van der Waals surface area contributed by atoms with E-state index in [4.69, 9.17) is 5.10 Å². The summed E-state index contributed by atoms with van der Waals surface area (Å²) in [4.78, 5) is 18.9.